The van der Waals surface area contributed by atoms with Crippen molar-refractivity contribution in [1.29, 1.82) is 0 Å². The largest absolute Gasteiger partial charge is 0.492 e. The van der Waals surface area contributed by atoms with E-state index >= 15 is 0 Å². The molecule has 0 aliphatic carbocycles. The maximum absolute atomic E-state index is 13.8. The minimum atomic E-state index is -0.857. The number of nitrogens with zero attached hydrogens (tertiary/aromatic N) is 1. The van der Waals surface area contributed by atoms with Gasteiger partial charge in [-0.1, -0.05) is 24.3 Å². The van der Waals surface area contributed by atoms with E-state index < -0.39 is 11.8 Å². The molecule has 0 aromatic heterocycles. The topological polar surface area (TPSA) is 90.9 Å². The lowest BCUT2D eigenvalue weighted by Crippen LogP contribution is -2.19. The number of carboxylic acid groups (broad SMARTS) is 1. The van der Waals surface area contributed by atoms with Crippen LogP contribution >= 0.6 is 0 Å². The highest BCUT2D eigenvalue weighted by Crippen LogP contribution is 2.38. The number of hydrogen-bond donors (Lipinski definition) is 3. The highest BCUT2D eigenvalue weighted by molar-refractivity contribution is 6.37. The highest BCUT2D eigenvalue weighted by atomic mass is 19.1. The summed E-state index contributed by atoms with van der Waals surface area (Å²) in [7, 11) is 3.96. The highest BCUT2D eigenvalue weighted by Gasteiger charge is 2.28. The molecular weight excluding hydrogens is 461 g/mol. The van der Waals surface area contributed by atoms with Gasteiger partial charge in [0.25, 0.3) is 5.91 Å². The van der Waals surface area contributed by atoms with Crippen molar-refractivity contribution in [2.75, 3.05) is 37.9 Å². The van der Waals surface area contributed by atoms with Crippen LogP contribution in [0.1, 0.15) is 23.1 Å². The van der Waals surface area contributed by atoms with Gasteiger partial charge in [0.1, 0.15) is 18.2 Å². The van der Waals surface area contributed by atoms with E-state index in [0.29, 0.717) is 35.5 Å². The van der Waals surface area contributed by atoms with Gasteiger partial charge < -0.3 is 25.4 Å². The van der Waals surface area contributed by atoms with Gasteiger partial charge in [0.15, 0.2) is 0 Å². The van der Waals surface area contributed by atoms with E-state index in [1.54, 1.807) is 6.07 Å². The van der Waals surface area contributed by atoms with E-state index in [4.69, 9.17) is 9.84 Å². The van der Waals surface area contributed by atoms with Crippen LogP contribution in [0.4, 0.5) is 15.8 Å². The molecular formula is C28H28FN3O4. The van der Waals surface area contributed by atoms with Gasteiger partial charge in [-0.25, -0.2) is 4.39 Å². The molecule has 1 aliphatic rings. The number of benzene rings is 3. The Hall–Kier alpha value is -4.17. The number of anilines is 2. The number of hydrogen-bond acceptors (Lipinski definition) is 5. The summed E-state index contributed by atoms with van der Waals surface area (Å²) < 4.78 is 19.6. The summed E-state index contributed by atoms with van der Waals surface area (Å²) in [4.78, 5) is 26.0. The first-order valence-corrected chi connectivity index (χ1v) is 11.6. The molecule has 1 amide bonds. The van der Waals surface area contributed by atoms with Gasteiger partial charge in [-0.15, -0.1) is 0 Å². The van der Waals surface area contributed by atoms with Crippen molar-refractivity contribution in [1.82, 2.24) is 4.90 Å². The summed E-state index contributed by atoms with van der Waals surface area (Å²) in [6.07, 6.45) is 0.447. The Morgan fingerprint density at radius 2 is 1.78 bits per heavy atom. The van der Waals surface area contributed by atoms with E-state index in [0.717, 1.165) is 29.1 Å². The van der Waals surface area contributed by atoms with Crippen molar-refractivity contribution in [2.45, 2.75) is 12.8 Å². The standard InChI is InChI=1S/C28H28FN3O4/c1-32(2)15-16-36-22-11-9-21(10-12-22)30-27(19-6-3-18(4-7-19)5-14-25(33)34)26-23-13-8-20(29)17-24(23)31-28(26)35/h3-4,6-13,17,30H,5,14-16H2,1-2H3,(H,31,35)(H,33,34)/b27-26-. The van der Waals surface area contributed by atoms with Crippen LogP contribution in [-0.2, 0) is 16.0 Å². The third-order valence-corrected chi connectivity index (χ3v) is 5.78. The first kappa shape index (κ1) is 24.9. The number of carbonyl (C=O) groups excluding carboxylic acids is 1. The zero-order valence-corrected chi connectivity index (χ0v) is 20.2. The molecule has 1 heterocycles. The van der Waals surface area contributed by atoms with E-state index in [9.17, 15) is 14.0 Å². The van der Waals surface area contributed by atoms with E-state index in [2.05, 4.69) is 10.6 Å². The lowest BCUT2D eigenvalue weighted by Gasteiger charge is -2.16. The normalized spacial score (nSPS) is 13.8. The van der Waals surface area contributed by atoms with Crippen molar-refractivity contribution >= 4 is 34.5 Å². The van der Waals surface area contributed by atoms with Gasteiger partial charge in [0.05, 0.1) is 17.0 Å². The van der Waals surface area contributed by atoms with Gasteiger partial charge in [-0.2, -0.15) is 0 Å². The minimum absolute atomic E-state index is 0.0376. The second-order valence-electron chi connectivity index (χ2n) is 8.79. The average Bonchev–Trinajstić information content (AvgIpc) is 3.16. The average molecular weight is 490 g/mol. The molecule has 7 nitrogen and oxygen atoms in total. The van der Waals surface area contributed by atoms with Crippen LogP contribution in [0, 0.1) is 5.82 Å². The number of ether oxygens (including phenoxy) is 1. The van der Waals surface area contributed by atoms with E-state index in [1.807, 2.05) is 67.5 Å². The fourth-order valence-electron chi connectivity index (χ4n) is 3.89. The summed E-state index contributed by atoms with van der Waals surface area (Å²) in [6, 6.07) is 19.0. The van der Waals surface area contributed by atoms with Crippen molar-refractivity contribution < 1.29 is 23.8 Å². The van der Waals surface area contributed by atoms with Crippen LogP contribution in [0.15, 0.2) is 66.7 Å². The van der Waals surface area contributed by atoms with Crippen molar-refractivity contribution in [3.63, 3.8) is 0 Å². The summed E-state index contributed by atoms with van der Waals surface area (Å²) in [6.45, 7) is 1.37. The molecule has 186 valence electrons. The number of aryl methyl sites for hydroxylation is 1. The van der Waals surface area contributed by atoms with Gasteiger partial charge in [0, 0.05) is 24.2 Å². The van der Waals surface area contributed by atoms with Crippen LogP contribution in [-0.4, -0.2) is 49.1 Å². The van der Waals surface area contributed by atoms with Gasteiger partial charge in [-0.05, 0) is 74.1 Å². The molecule has 3 aromatic rings. The second kappa shape index (κ2) is 11.0. The molecule has 1 aliphatic heterocycles. The van der Waals surface area contributed by atoms with Gasteiger partial charge in [0.2, 0.25) is 0 Å². The molecule has 3 N–H and O–H groups in total. The minimum Gasteiger partial charge on any atom is -0.492 e. The molecule has 36 heavy (non-hydrogen) atoms. The molecule has 0 saturated heterocycles. The number of nitrogens with one attached hydrogen (secondary N) is 2. The monoisotopic (exact) mass is 489 g/mol. The summed E-state index contributed by atoms with van der Waals surface area (Å²) in [5.74, 6) is -0.892. The SMILES string of the molecule is CN(C)CCOc1ccc(N/C(=C2\C(=O)Nc3cc(F)ccc32)c2ccc(CCC(=O)O)cc2)cc1. The number of rotatable bonds is 10. The summed E-state index contributed by atoms with van der Waals surface area (Å²) in [5.41, 5.74) is 4.33. The first-order chi connectivity index (χ1) is 17.3. The predicted octanol–water partition coefficient (Wildman–Crippen LogP) is 4.72. The van der Waals surface area contributed by atoms with Crippen LogP contribution in [0.2, 0.25) is 0 Å². The second-order valence-corrected chi connectivity index (χ2v) is 8.79. The molecule has 0 bridgehead atoms. The smallest absolute Gasteiger partial charge is 0.303 e. The number of amides is 1. The fourth-order valence-corrected chi connectivity index (χ4v) is 3.89. The zero-order valence-electron chi connectivity index (χ0n) is 20.2. The zero-order chi connectivity index (χ0) is 25.7. The maximum atomic E-state index is 13.8. The molecule has 0 spiro atoms. The Labute approximate surface area is 209 Å². The molecule has 0 saturated carbocycles. The molecule has 3 aromatic carbocycles. The van der Waals surface area contributed by atoms with Crippen molar-refractivity contribution in [3.05, 3.63) is 89.2 Å². The Balaban J connectivity index is 1.67. The number of fused-ring (bicyclic) bond motifs is 1. The molecule has 0 unspecified atom stereocenters. The number of carbonyl (C=O) groups is 2. The van der Waals surface area contributed by atoms with Gasteiger partial charge in [-0.3, -0.25) is 9.59 Å². The predicted molar refractivity (Wildman–Crippen MR) is 138 cm³/mol. The Bertz CT molecular complexity index is 1290. The lowest BCUT2D eigenvalue weighted by molar-refractivity contribution is -0.137. The summed E-state index contributed by atoms with van der Waals surface area (Å²) >= 11 is 0. The molecule has 0 radical (unpaired) electrons. The molecule has 0 fully saturated rings. The first-order valence-electron chi connectivity index (χ1n) is 11.6. The third-order valence-electron chi connectivity index (χ3n) is 5.78. The molecule has 0 atom stereocenters. The summed E-state index contributed by atoms with van der Waals surface area (Å²) in [5, 5.41) is 15.1. The fraction of sp³-hybridized carbons (Fsp3) is 0.214. The van der Waals surface area contributed by atoms with Crippen molar-refractivity contribution in [3.8, 4) is 5.75 Å². The van der Waals surface area contributed by atoms with Gasteiger partial charge >= 0.3 is 5.97 Å². The number of aliphatic carboxylic acids is 1. The maximum Gasteiger partial charge on any atom is 0.303 e. The van der Waals surface area contributed by atoms with Crippen molar-refractivity contribution in [2.24, 2.45) is 0 Å². The van der Waals surface area contributed by atoms with Crippen LogP contribution < -0.4 is 15.4 Å². The lowest BCUT2D eigenvalue weighted by atomic mass is 9.98. The van der Waals surface area contributed by atoms with Crippen LogP contribution in [0.5, 0.6) is 5.75 Å². The Morgan fingerprint density at radius 3 is 2.44 bits per heavy atom. The van der Waals surface area contributed by atoms with Crippen LogP contribution in [0.25, 0.3) is 11.3 Å². The third kappa shape index (κ3) is 6.09. The Morgan fingerprint density at radius 1 is 1.06 bits per heavy atom. The number of halogens is 1. The quantitative estimate of drug-likeness (QED) is 0.357. The number of likely N-dealkylation sites (N-methyl/N-ethyl adjacent to an activating group) is 1. The molecule has 8 heteroatoms. The van der Waals surface area contributed by atoms with E-state index in [1.165, 1.54) is 12.1 Å². The number of carboxylic acids is 1. The molecule has 4 rings (SSSR count). The Kier molecular flexibility index (Phi) is 7.65. The van der Waals surface area contributed by atoms with E-state index in [-0.39, 0.29) is 12.3 Å². The van der Waals surface area contributed by atoms with Crippen LogP contribution in [0.3, 0.4) is 0 Å².